The maximum absolute atomic E-state index is 13.0. The van der Waals surface area contributed by atoms with Crippen molar-refractivity contribution in [1.29, 1.82) is 0 Å². The molecule has 1 amide bonds. The maximum atomic E-state index is 13.0. The van der Waals surface area contributed by atoms with Crippen LogP contribution in [-0.4, -0.2) is 71.4 Å². The molecule has 2 bridgehead atoms. The second kappa shape index (κ2) is 8.01. The van der Waals surface area contributed by atoms with Gasteiger partial charge < -0.3 is 9.64 Å². The number of rotatable bonds is 5. The summed E-state index contributed by atoms with van der Waals surface area (Å²) in [6.45, 7) is 6.01. The molecule has 1 aromatic carbocycles. The first-order valence-corrected chi connectivity index (χ1v) is 10.0. The van der Waals surface area contributed by atoms with Crippen LogP contribution in [0.5, 0.6) is 0 Å². The number of methoxy groups -OCH3 is 1. The van der Waals surface area contributed by atoms with E-state index in [9.17, 15) is 9.59 Å². The van der Waals surface area contributed by atoms with Gasteiger partial charge >= 0.3 is 0 Å². The highest BCUT2D eigenvalue weighted by Crippen LogP contribution is 2.28. The van der Waals surface area contributed by atoms with Crippen molar-refractivity contribution in [1.82, 2.24) is 19.6 Å². The number of amides is 1. The fourth-order valence-corrected chi connectivity index (χ4v) is 4.60. The monoisotopic (exact) mass is 384 g/mol. The van der Waals surface area contributed by atoms with Gasteiger partial charge in [0.1, 0.15) is 6.54 Å². The van der Waals surface area contributed by atoms with Crippen molar-refractivity contribution in [2.75, 3.05) is 39.9 Å². The molecular weight excluding hydrogens is 356 g/mol. The van der Waals surface area contributed by atoms with Crippen LogP contribution in [0, 0.1) is 12.8 Å². The standard InChI is InChI=1S/C21H28N4O3/c1-15-18-5-3-4-6-19(18)21(27)25(22-15)14-20(26)24-12-16-7-8-17(13-24)23(11-16)9-10-28-2/h3-6,16-17H,7-14H2,1-2H3/t16-,17-/m0/s1. The quantitative estimate of drug-likeness (QED) is 0.777. The van der Waals surface area contributed by atoms with Crippen molar-refractivity contribution < 1.29 is 9.53 Å². The summed E-state index contributed by atoms with van der Waals surface area (Å²) >= 11 is 0. The van der Waals surface area contributed by atoms with Crippen LogP contribution in [0.4, 0.5) is 0 Å². The van der Waals surface area contributed by atoms with E-state index in [1.54, 1.807) is 13.2 Å². The summed E-state index contributed by atoms with van der Waals surface area (Å²) in [5.74, 6) is 0.470. The Hall–Kier alpha value is -2.25. The molecule has 3 aliphatic rings. The van der Waals surface area contributed by atoms with Crippen LogP contribution in [0.25, 0.3) is 10.8 Å². The van der Waals surface area contributed by atoms with Gasteiger partial charge in [-0.1, -0.05) is 18.2 Å². The number of nitrogens with zero attached hydrogens (tertiary/aromatic N) is 4. The van der Waals surface area contributed by atoms with Crippen LogP contribution in [-0.2, 0) is 16.1 Å². The number of carbonyl (C=O) groups excluding carboxylic acids is 1. The Balaban J connectivity index is 1.52. The highest BCUT2D eigenvalue weighted by Gasteiger charge is 2.36. The minimum atomic E-state index is -0.200. The Morgan fingerprint density at radius 1 is 1.18 bits per heavy atom. The van der Waals surface area contributed by atoms with Crippen LogP contribution in [0.2, 0.25) is 0 Å². The molecule has 3 aliphatic heterocycles. The van der Waals surface area contributed by atoms with Crippen molar-refractivity contribution >= 4 is 16.7 Å². The van der Waals surface area contributed by atoms with E-state index in [-0.39, 0.29) is 18.0 Å². The molecule has 0 spiro atoms. The third-order valence-electron chi connectivity index (χ3n) is 6.10. The molecule has 0 aliphatic carbocycles. The molecule has 1 aromatic heterocycles. The van der Waals surface area contributed by atoms with Crippen molar-refractivity contribution in [3.63, 3.8) is 0 Å². The van der Waals surface area contributed by atoms with Crippen LogP contribution in [0.3, 0.4) is 0 Å². The smallest absolute Gasteiger partial charge is 0.275 e. The summed E-state index contributed by atoms with van der Waals surface area (Å²) in [4.78, 5) is 30.2. The average Bonchev–Trinajstić information content (AvgIpc) is 3.02. The molecule has 28 heavy (non-hydrogen) atoms. The lowest BCUT2D eigenvalue weighted by atomic mass is 9.95. The summed E-state index contributed by atoms with van der Waals surface area (Å²) in [7, 11) is 1.72. The lowest BCUT2D eigenvalue weighted by Crippen LogP contribution is -2.46. The zero-order valence-corrected chi connectivity index (χ0v) is 16.6. The Bertz CT molecular complexity index is 925. The number of hydrogen-bond acceptors (Lipinski definition) is 5. The van der Waals surface area contributed by atoms with Crippen LogP contribution in [0.15, 0.2) is 29.1 Å². The third kappa shape index (κ3) is 3.69. The Kier molecular flexibility index (Phi) is 5.46. The minimum Gasteiger partial charge on any atom is -0.383 e. The van der Waals surface area contributed by atoms with Gasteiger partial charge in [0.15, 0.2) is 0 Å². The van der Waals surface area contributed by atoms with E-state index in [0.717, 1.165) is 50.1 Å². The Morgan fingerprint density at radius 3 is 2.75 bits per heavy atom. The summed E-state index contributed by atoms with van der Waals surface area (Å²) in [5.41, 5.74) is 0.568. The fraction of sp³-hybridized carbons (Fsp3) is 0.571. The predicted molar refractivity (Wildman–Crippen MR) is 107 cm³/mol. The molecule has 3 fully saturated rings. The summed E-state index contributed by atoms with van der Waals surface area (Å²) < 4.78 is 6.57. The molecule has 7 nitrogen and oxygen atoms in total. The molecule has 3 saturated heterocycles. The van der Waals surface area contributed by atoms with Gasteiger partial charge in [-0.3, -0.25) is 14.5 Å². The van der Waals surface area contributed by atoms with E-state index < -0.39 is 0 Å². The van der Waals surface area contributed by atoms with Crippen molar-refractivity contribution in [2.24, 2.45) is 5.92 Å². The number of fused-ring (bicyclic) bond motifs is 5. The van der Waals surface area contributed by atoms with Crippen LogP contribution >= 0.6 is 0 Å². The van der Waals surface area contributed by atoms with Crippen molar-refractivity contribution in [3.05, 3.63) is 40.3 Å². The largest absolute Gasteiger partial charge is 0.383 e. The molecule has 2 aromatic rings. The summed E-state index contributed by atoms with van der Waals surface area (Å²) in [5, 5.41) is 5.86. The van der Waals surface area contributed by atoms with Crippen molar-refractivity contribution in [3.8, 4) is 0 Å². The Labute approximate surface area is 164 Å². The normalized spacial score (nSPS) is 22.6. The number of carbonyl (C=O) groups is 1. The van der Waals surface area contributed by atoms with Gasteiger partial charge in [-0.2, -0.15) is 5.10 Å². The lowest BCUT2D eigenvalue weighted by Gasteiger charge is -2.35. The molecular formula is C21H28N4O3. The highest BCUT2D eigenvalue weighted by atomic mass is 16.5. The molecule has 150 valence electrons. The molecule has 0 N–H and O–H groups in total. The topological polar surface area (TPSA) is 67.7 Å². The molecule has 0 radical (unpaired) electrons. The molecule has 2 atom stereocenters. The first-order chi connectivity index (χ1) is 13.6. The highest BCUT2D eigenvalue weighted by molar-refractivity contribution is 5.83. The van der Waals surface area contributed by atoms with E-state index in [1.807, 2.05) is 30.0 Å². The van der Waals surface area contributed by atoms with Gasteiger partial charge in [0.25, 0.3) is 5.56 Å². The molecule has 0 unspecified atom stereocenters. The number of aryl methyl sites for hydroxylation is 1. The fourth-order valence-electron chi connectivity index (χ4n) is 4.60. The third-order valence-corrected chi connectivity index (χ3v) is 6.10. The number of aromatic nitrogens is 2. The van der Waals surface area contributed by atoms with Gasteiger partial charge in [0.2, 0.25) is 5.91 Å². The van der Waals surface area contributed by atoms with E-state index in [4.69, 9.17) is 4.74 Å². The van der Waals surface area contributed by atoms with Crippen LogP contribution < -0.4 is 5.56 Å². The summed E-state index contributed by atoms with van der Waals surface area (Å²) in [6, 6.07) is 7.81. The van der Waals surface area contributed by atoms with Gasteiger partial charge in [0, 0.05) is 44.7 Å². The number of piperidine rings is 1. The zero-order chi connectivity index (χ0) is 19.7. The van der Waals surface area contributed by atoms with Gasteiger partial charge in [-0.25, -0.2) is 4.68 Å². The second-order valence-corrected chi connectivity index (χ2v) is 7.98. The Morgan fingerprint density at radius 2 is 1.96 bits per heavy atom. The first kappa shape index (κ1) is 19.1. The SMILES string of the molecule is COCCN1C[C@@H]2CC[C@H]1CN(C(=O)Cn1nc(C)c3ccccc3c1=O)C2. The van der Waals surface area contributed by atoms with Gasteiger partial charge in [-0.05, 0) is 31.7 Å². The number of benzene rings is 1. The van der Waals surface area contributed by atoms with E-state index in [0.29, 0.717) is 24.0 Å². The van der Waals surface area contributed by atoms with E-state index in [1.165, 1.54) is 4.68 Å². The first-order valence-electron chi connectivity index (χ1n) is 10.0. The molecule has 0 saturated carbocycles. The number of ether oxygens (including phenoxy) is 1. The minimum absolute atomic E-state index is 0.00200. The zero-order valence-electron chi connectivity index (χ0n) is 16.6. The average molecular weight is 384 g/mol. The number of hydrogen-bond donors (Lipinski definition) is 0. The summed E-state index contributed by atoms with van der Waals surface area (Å²) in [6.07, 6.45) is 2.27. The van der Waals surface area contributed by atoms with Crippen LogP contribution in [0.1, 0.15) is 18.5 Å². The second-order valence-electron chi connectivity index (χ2n) is 7.98. The van der Waals surface area contributed by atoms with Gasteiger partial charge in [0.05, 0.1) is 17.7 Å². The maximum Gasteiger partial charge on any atom is 0.275 e. The van der Waals surface area contributed by atoms with E-state index >= 15 is 0 Å². The molecule has 5 rings (SSSR count). The molecule has 4 heterocycles. The van der Waals surface area contributed by atoms with E-state index in [2.05, 4.69) is 10.00 Å². The van der Waals surface area contributed by atoms with Crippen molar-refractivity contribution in [2.45, 2.75) is 32.4 Å². The lowest BCUT2D eigenvalue weighted by molar-refractivity contribution is -0.132. The molecule has 7 heteroatoms. The predicted octanol–water partition coefficient (Wildman–Crippen LogP) is 1.27. The van der Waals surface area contributed by atoms with Gasteiger partial charge in [-0.15, -0.1) is 0 Å².